The van der Waals surface area contributed by atoms with E-state index < -0.39 is 0 Å². The van der Waals surface area contributed by atoms with Crippen molar-refractivity contribution in [2.75, 3.05) is 7.05 Å². The molecule has 1 N–H and O–H groups in total. The smallest absolute Gasteiger partial charge is 0.269 e. The van der Waals surface area contributed by atoms with Crippen LogP contribution in [0.5, 0.6) is 0 Å². The number of amides is 1. The summed E-state index contributed by atoms with van der Waals surface area (Å²) in [5.41, 5.74) is 3.86. The Morgan fingerprint density at radius 1 is 1.35 bits per heavy atom. The van der Waals surface area contributed by atoms with Crippen molar-refractivity contribution in [3.05, 3.63) is 64.5 Å². The van der Waals surface area contributed by atoms with Crippen LogP contribution in [-0.2, 0) is 6.42 Å². The first-order valence-electron chi connectivity index (χ1n) is 6.31. The van der Waals surface area contributed by atoms with E-state index in [0.717, 1.165) is 16.8 Å². The fourth-order valence-corrected chi connectivity index (χ4v) is 2.03. The number of pyridine rings is 1. The van der Waals surface area contributed by atoms with Gasteiger partial charge in [0.2, 0.25) is 0 Å². The van der Waals surface area contributed by atoms with Crippen molar-refractivity contribution in [1.29, 1.82) is 5.26 Å². The number of aromatic nitrogens is 1. The molecule has 100 valence electrons. The molecule has 0 aliphatic rings. The molecule has 0 saturated heterocycles. The zero-order valence-corrected chi connectivity index (χ0v) is 11.5. The highest BCUT2D eigenvalue weighted by molar-refractivity contribution is 5.92. The van der Waals surface area contributed by atoms with Gasteiger partial charge in [-0.25, -0.2) is 4.98 Å². The average Bonchev–Trinajstić information content (AvgIpc) is 2.46. The minimum absolute atomic E-state index is 0.194. The standard InChI is InChI=1S/C16H15N3O/c1-11-6-14(19-15(7-11)16(20)18-2)9-12-4-3-5-13(8-12)10-17/h3-8H,9H2,1-2H3,(H,18,20). The molecule has 1 aromatic heterocycles. The number of hydrogen-bond donors (Lipinski definition) is 1. The third-order valence-electron chi connectivity index (χ3n) is 2.92. The lowest BCUT2D eigenvalue weighted by Gasteiger charge is -2.06. The Kier molecular flexibility index (Phi) is 4.11. The van der Waals surface area contributed by atoms with Gasteiger partial charge in [-0.1, -0.05) is 12.1 Å². The van der Waals surface area contributed by atoms with Gasteiger partial charge in [-0.2, -0.15) is 5.26 Å². The molecule has 2 aromatic rings. The van der Waals surface area contributed by atoms with Crippen LogP contribution in [0.15, 0.2) is 36.4 Å². The molecular formula is C16H15N3O. The Balaban J connectivity index is 2.31. The van der Waals surface area contributed by atoms with E-state index in [1.807, 2.05) is 31.2 Å². The molecule has 0 atom stereocenters. The molecule has 20 heavy (non-hydrogen) atoms. The van der Waals surface area contributed by atoms with Crippen molar-refractivity contribution >= 4 is 5.91 Å². The zero-order valence-electron chi connectivity index (χ0n) is 11.5. The minimum Gasteiger partial charge on any atom is -0.354 e. The van der Waals surface area contributed by atoms with E-state index in [2.05, 4.69) is 16.4 Å². The lowest BCUT2D eigenvalue weighted by atomic mass is 10.1. The summed E-state index contributed by atoms with van der Waals surface area (Å²) in [5, 5.41) is 11.5. The number of rotatable bonds is 3. The average molecular weight is 265 g/mol. The number of nitrogens with one attached hydrogen (secondary N) is 1. The van der Waals surface area contributed by atoms with Gasteiger partial charge in [0.15, 0.2) is 0 Å². The van der Waals surface area contributed by atoms with Crippen molar-refractivity contribution < 1.29 is 4.79 Å². The summed E-state index contributed by atoms with van der Waals surface area (Å²) >= 11 is 0. The van der Waals surface area contributed by atoms with Crippen molar-refractivity contribution in [1.82, 2.24) is 10.3 Å². The molecule has 2 rings (SSSR count). The lowest BCUT2D eigenvalue weighted by Crippen LogP contribution is -2.20. The Morgan fingerprint density at radius 3 is 2.85 bits per heavy atom. The van der Waals surface area contributed by atoms with E-state index in [4.69, 9.17) is 5.26 Å². The number of carbonyl (C=O) groups is 1. The fourth-order valence-electron chi connectivity index (χ4n) is 2.03. The van der Waals surface area contributed by atoms with Crippen LogP contribution in [0.4, 0.5) is 0 Å². The molecule has 1 aromatic carbocycles. The molecule has 4 heteroatoms. The highest BCUT2D eigenvalue weighted by Crippen LogP contribution is 2.12. The summed E-state index contributed by atoms with van der Waals surface area (Å²) in [6.07, 6.45) is 0.598. The van der Waals surface area contributed by atoms with E-state index in [1.54, 1.807) is 19.2 Å². The summed E-state index contributed by atoms with van der Waals surface area (Å²) in [4.78, 5) is 16.0. The van der Waals surface area contributed by atoms with E-state index in [0.29, 0.717) is 17.7 Å². The van der Waals surface area contributed by atoms with Crippen LogP contribution in [0.3, 0.4) is 0 Å². The first-order chi connectivity index (χ1) is 9.62. The van der Waals surface area contributed by atoms with Crippen LogP contribution < -0.4 is 5.32 Å². The van der Waals surface area contributed by atoms with E-state index in [9.17, 15) is 4.79 Å². The van der Waals surface area contributed by atoms with Crippen LogP contribution >= 0.6 is 0 Å². The van der Waals surface area contributed by atoms with Gasteiger partial charge >= 0.3 is 0 Å². The summed E-state index contributed by atoms with van der Waals surface area (Å²) in [6.45, 7) is 1.93. The van der Waals surface area contributed by atoms with Crippen LogP contribution in [0.2, 0.25) is 0 Å². The molecule has 0 saturated carbocycles. The maximum atomic E-state index is 11.7. The monoisotopic (exact) mass is 265 g/mol. The van der Waals surface area contributed by atoms with Crippen LogP contribution in [0.25, 0.3) is 0 Å². The second-order valence-electron chi connectivity index (χ2n) is 4.59. The summed E-state index contributed by atoms with van der Waals surface area (Å²) in [7, 11) is 1.59. The van der Waals surface area contributed by atoms with Gasteiger partial charge in [0, 0.05) is 19.2 Å². The third-order valence-corrected chi connectivity index (χ3v) is 2.92. The number of nitrogens with zero attached hydrogens (tertiary/aromatic N) is 2. The largest absolute Gasteiger partial charge is 0.354 e. The van der Waals surface area contributed by atoms with Crippen molar-refractivity contribution in [2.45, 2.75) is 13.3 Å². The van der Waals surface area contributed by atoms with Gasteiger partial charge in [0.25, 0.3) is 5.91 Å². The lowest BCUT2D eigenvalue weighted by molar-refractivity contribution is 0.0958. The molecule has 0 bridgehead atoms. The van der Waals surface area contributed by atoms with Crippen molar-refractivity contribution in [2.24, 2.45) is 0 Å². The Hall–Kier alpha value is -2.67. The Bertz CT molecular complexity index is 686. The predicted molar refractivity (Wildman–Crippen MR) is 76.3 cm³/mol. The molecule has 1 amide bonds. The molecule has 4 nitrogen and oxygen atoms in total. The number of aryl methyl sites for hydroxylation is 1. The minimum atomic E-state index is -0.194. The molecule has 0 aliphatic heterocycles. The maximum absolute atomic E-state index is 11.7. The van der Waals surface area contributed by atoms with Gasteiger partial charge < -0.3 is 5.32 Å². The van der Waals surface area contributed by atoms with Gasteiger partial charge in [-0.3, -0.25) is 4.79 Å². The topological polar surface area (TPSA) is 65.8 Å². The maximum Gasteiger partial charge on any atom is 0.269 e. The molecule has 1 heterocycles. The second kappa shape index (κ2) is 5.98. The highest BCUT2D eigenvalue weighted by atomic mass is 16.1. The van der Waals surface area contributed by atoms with Gasteiger partial charge in [0.05, 0.1) is 11.6 Å². The summed E-state index contributed by atoms with van der Waals surface area (Å²) in [6, 6.07) is 13.2. The SMILES string of the molecule is CNC(=O)c1cc(C)cc(Cc2cccc(C#N)c2)n1. The van der Waals surface area contributed by atoms with Gasteiger partial charge in [-0.15, -0.1) is 0 Å². The molecular weight excluding hydrogens is 250 g/mol. The number of benzene rings is 1. The first kappa shape index (κ1) is 13.8. The quantitative estimate of drug-likeness (QED) is 0.925. The van der Waals surface area contributed by atoms with Crippen molar-refractivity contribution in [3.8, 4) is 6.07 Å². The Morgan fingerprint density at radius 2 is 2.15 bits per heavy atom. The third kappa shape index (κ3) is 3.21. The van der Waals surface area contributed by atoms with Crippen LogP contribution in [-0.4, -0.2) is 17.9 Å². The highest BCUT2D eigenvalue weighted by Gasteiger charge is 2.08. The van der Waals surface area contributed by atoms with Crippen molar-refractivity contribution in [3.63, 3.8) is 0 Å². The normalized spacial score (nSPS) is 9.85. The first-order valence-corrected chi connectivity index (χ1v) is 6.31. The zero-order chi connectivity index (χ0) is 14.5. The molecule has 0 radical (unpaired) electrons. The predicted octanol–water partition coefficient (Wildman–Crippen LogP) is 2.21. The van der Waals surface area contributed by atoms with E-state index in [1.165, 1.54) is 0 Å². The second-order valence-corrected chi connectivity index (χ2v) is 4.59. The fraction of sp³-hybridized carbons (Fsp3) is 0.188. The number of nitriles is 1. The van der Waals surface area contributed by atoms with Crippen LogP contribution in [0, 0.1) is 18.3 Å². The molecule has 0 spiro atoms. The molecule has 0 aliphatic carbocycles. The number of carbonyl (C=O) groups excluding carboxylic acids is 1. The Labute approximate surface area is 118 Å². The summed E-state index contributed by atoms with van der Waals surface area (Å²) in [5.74, 6) is -0.194. The number of hydrogen-bond acceptors (Lipinski definition) is 3. The van der Waals surface area contributed by atoms with Gasteiger partial charge in [-0.05, 0) is 42.3 Å². The summed E-state index contributed by atoms with van der Waals surface area (Å²) < 4.78 is 0. The molecule has 0 fully saturated rings. The van der Waals surface area contributed by atoms with Crippen LogP contribution in [0.1, 0.15) is 32.9 Å². The molecule has 0 unspecified atom stereocenters. The van der Waals surface area contributed by atoms with E-state index in [-0.39, 0.29) is 5.91 Å². The van der Waals surface area contributed by atoms with E-state index >= 15 is 0 Å². The van der Waals surface area contributed by atoms with Gasteiger partial charge in [0.1, 0.15) is 5.69 Å².